The van der Waals surface area contributed by atoms with Gasteiger partial charge in [0.05, 0.1) is 12.6 Å². The van der Waals surface area contributed by atoms with Crippen LogP contribution in [-0.2, 0) is 14.3 Å². The van der Waals surface area contributed by atoms with Crippen LogP contribution in [0.4, 0.5) is 0 Å². The molecule has 1 unspecified atom stereocenters. The first kappa shape index (κ1) is 16.9. The van der Waals surface area contributed by atoms with Gasteiger partial charge in [-0.1, -0.05) is 0 Å². The summed E-state index contributed by atoms with van der Waals surface area (Å²) >= 11 is 0. The van der Waals surface area contributed by atoms with Gasteiger partial charge in [0.1, 0.15) is 6.04 Å². The highest BCUT2D eigenvalue weighted by atomic mass is 16.5. The Balaban J connectivity index is 2.93. The Labute approximate surface area is 121 Å². The number of rotatable bonds is 2. The van der Waals surface area contributed by atoms with Crippen molar-refractivity contribution >= 4 is 11.9 Å². The maximum absolute atomic E-state index is 12.3. The Morgan fingerprint density at radius 2 is 1.70 bits per heavy atom. The van der Waals surface area contributed by atoms with E-state index in [0.29, 0.717) is 19.6 Å². The zero-order valence-electron chi connectivity index (χ0n) is 13.4. The van der Waals surface area contributed by atoms with Gasteiger partial charge in [0.25, 0.3) is 0 Å². The van der Waals surface area contributed by atoms with Crippen LogP contribution in [0.3, 0.4) is 0 Å². The summed E-state index contributed by atoms with van der Waals surface area (Å²) in [6, 6.07) is -0.444. The molecule has 116 valence electrons. The summed E-state index contributed by atoms with van der Waals surface area (Å²) in [7, 11) is 1.37. The minimum atomic E-state index is -0.926. The normalized spacial score (nSPS) is 21.8. The van der Waals surface area contributed by atoms with E-state index in [1.54, 1.807) is 18.7 Å². The number of esters is 1. The van der Waals surface area contributed by atoms with Crippen LogP contribution in [-0.4, -0.2) is 65.5 Å². The predicted molar refractivity (Wildman–Crippen MR) is 77.1 cm³/mol. The van der Waals surface area contributed by atoms with E-state index in [-0.39, 0.29) is 17.4 Å². The van der Waals surface area contributed by atoms with Crippen molar-refractivity contribution in [1.82, 2.24) is 9.80 Å². The van der Waals surface area contributed by atoms with Crippen LogP contribution in [0.25, 0.3) is 0 Å². The minimum absolute atomic E-state index is 0.139. The second-order valence-corrected chi connectivity index (χ2v) is 6.88. The van der Waals surface area contributed by atoms with E-state index < -0.39 is 11.6 Å². The van der Waals surface area contributed by atoms with E-state index in [2.05, 4.69) is 4.90 Å². The Bertz CT molecular complexity index is 382. The third kappa shape index (κ3) is 3.70. The molecule has 0 spiro atoms. The molecule has 6 nitrogen and oxygen atoms in total. The number of amides is 1. The molecule has 1 amide bonds. The first-order valence-electron chi connectivity index (χ1n) is 6.91. The maximum atomic E-state index is 12.3. The van der Waals surface area contributed by atoms with Crippen molar-refractivity contribution in [1.29, 1.82) is 0 Å². The summed E-state index contributed by atoms with van der Waals surface area (Å²) in [6.07, 6.45) is 0. The van der Waals surface area contributed by atoms with Crippen molar-refractivity contribution in [2.75, 3.05) is 26.7 Å². The quantitative estimate of drug-likeness (QED) is 0.734. The lowest BCUT2D eigenvalue weighted by Crippen LogP contribution is -2.65. The molecule has 0 aromatic rings. The van der Waals surface area contributed by atoms with E-state index in [1.807, 2.05) is 20.8 Å². The van der Waals surface area contributed by atoms with Crippen LogP contribution in [0.15, 0.2) is 0 Å². The lowest BCUT2D eigenvalue weighted by Gasteiger charge is -2.47. The molecule has 1 aliphatic rings. The van der Waals surface area contributed by atoms with Crippen molar-refractivity contribution in [3.05, 3.63) is 0 Å². The van der Waals surface area contributed by atoms with Gasteiger partial charge in [-0.2, -0.15) is 0 Å². The molecule has 2 N–H and O–H groups in total. The standard InChI is InChI=1S/C14H27N3O3/c1-13(2,3)17-8-7-16(12(19)14(4,5)15)9-10(17)11(18)20-6/h10H,7-9,15H2,1-6H3. The maximum Gasteiger partial charge on any atom is 0.324 e. The second kappa shape index (κ2) is 5.69. The van der Waals surface area contributed by atoms with Gasteiger partial charge < -0.3 is 15.4 Å². The molecule has 1 saturated heterocycles. The van der Waals surface area contributed by atoms with E-state index >= 15 is 0 Å². The minimum Gasteiger partial charge on any atom is -0.468 e. The molecule has 1 rings (SSSR count). The van der Waals surface area contributed by atoms with Gasteiger partial charge in [0, 0.05) is 25.2 Å². The number of carbonyl (C=O) groups excluding carboxylic acids is 2. The van der Waals surface area contributed by atoms with Gasteiger partial charge >= 0.3 is 5.97 Å². The third-order valence-corrected chi connectivity index (χ3v) is 3.55. The van der Waals surface area contributed by atoms with Crippen LogP contribution in [0, 0.1) is 0 Å². The third-order valence-electron chi connectivity index (χ3n) is 3.55. The predicted octanol–water partition coefficient (Wildman–Crippen LogP) is 0.208. The van der Waals surface area contributed by atoms with Gasteiger partial charge in [0.15, 0.2) is 0 Å². The molecule has 1 fully saturated rings. The zero-order chi connectivity index (χ0) is 15.7. The second-order valence-electron chi connectivity index (χ2n) is 6.88. The highest BCUT2D eigenvalue weighted by molar-refractivity contribution is 5.86. The number of hydrogen-bond acceptors (Lipinski definition) is 5. The number of nitrogens with two attached hydrogens (primary N) is 1. The highest BCUT2D eigenvalue weighted by Crippen LogP contribution is 2.23. The molecule has 0 aliphatic carbocycles. The molecule has 1 heterocycles. The van der Waals surface area contributed by atoms with Gasteiger partial charge in [-0.15, -0.1) is 0 Å². The topological polar surface area (TPSA) is 75.9 Å². The summed E-state index contributed by atoms with van der Waals surface area (Å²) in [5.41, 5.74) is 4.78. The number of piperazine rings is 1. The molecule has 0 radical (unpaired) electrons. The molecular formula is C14H27N3O3. The summed E-state index contributed by atoms with van der Waals surface area (Å²) in [4.78, 5) is 28.0. The first-order chi connectivity index (χ1) is 8.98. The lowest BCUT2D eigenvalue weighted by atomic mass is 9.98. The van der Waals surface area contributed by atoms with E-state index in [0.717, 1.165) is 0 Å². The summed E-state index contributed by atoms with van der Waals surface area (Å²) in [6.45, 7) is 11.0. The average molecular weight is 285 g/mol. The highest BCUT2D eigenvalue weighted by Gasteiger charge is 2.41. The fraction of sp³-hybridized carbons (Fsp3) is 0.857. The van der Waals surface area contributed by atoms with Crippen LogP contribution < -0.4 is 5.73 Å². The fourth-order valence-electron chi connectivity index (χ4n) is 2.52. The molecule has 0 saturated carbocycles. The molecule has 20 heavy (non-hydrogen) atoms. The van der Waals surface area contributed by atoms with Gasteiger partial charge in [-0.3, -0.25) is 14.5 Å². The molecule has 1 aliphatic heterocycles. The summed E-state index contributed by atoms with van der Waals surface area (Å²) < 4.78 is 4.88. The molecular weight excluding hydrogens is 258 g/mol. The number of nitrogens with zero attached hydrogens (tertiary/aromatic N) is 2. The molecule has 1 atom stereocenters. The van der Waals surface area contributed by atoms with Crippen LogP contribution in [0.1, 0.15) is 34.6 Å². The van der Waals surface area contributed by atoms with E-state index in [4.69, 9.17) is 10.5 Å². The fourth-order valence-corrected chi connectivity index (χ4v) is 2.52. The SMILES string of the molecule is COC(=O)C1CN(C(=O)C(C)(C)N)CCN1C(C)(C)C. The van der Waals surface area contributed by atoms with Crippen molar-refractivity contribution in [3.63, 3.8) is 0 Å². The Morgan fingerprint density at radius 1 is 1.15 bits per heavy atom. The Kier molecular flexibility index (Phi) is 4.82. The number of hydrogen-bond donors (Lipinski definition) is 1. The average Bonchev–Trinajstić information content (AvgIpc) is 2.34. The molecule has 0 bridgehead atoms. The monoisotopic (exact) mass is 285 g/mol. The first-order valence-corrected chi connectivity index (χ1v) is 6.91. The zero-order valence-corrected chi connectivity index (χ0v) is 13.4. The van der Waals surface area contributed by atoms with Gasteiger partial charge in [-0.25, -0.2) is 0 Å². The van der Waals surface area contributed by atoms with Crippen molar-refractivity contribution in [2.24, 2.45) is 5.73 Å². The largest absolute Gasteiger partial charge is 0.468 e. The van der Waals surface area contributed by atoms with Gasteiger partial charge in [-0.05, 0) is 34.6 Å². The summed E-state index contributed by atoms with van der Waals surface area (Å²) in [5.74, 6) is -0.452. The Hall–Kier alpha value is -1.14. The van der Waals surface area contributed by atoms with Gasteiger partial charge in [0.2, 0.25) is 5.91 Å². The van der Waals surface area contributed by atoms with Crippen molar-refractivity contribution < 1.29 is 14.3 Å². The van der Waals surface area contributed by atoms with Crippen molar-refractivity contribution in [3.8, 4) is 0 Å². The number of carbonyl (C=O) groups is 2. The van der Waals surface area contributed by atoms with E-state index in [1.165, 1.54) is 7.11 Å². The molecule has 0 aromatic carbocycles. The van der Waals surface area contributed by atoms with Crippen LogP contribution in [0.5, 0.6) is 0 Å². The smallest absolute Gasteiger partial charge is 0.324 e. The lowest BCUT2D eigenvalue weighted by molar-refractivity contribution is -0.156. The number of methoxy groups -OCH3 is 1. The Morgan fingerprint density at radius 3 is 2.10 bits per heavy atom. The van der Waals surface area contributed by atoms with Crippen LogP contribution in [0.2, 0.25) is 0 Å². The summed E-state index contributed by atoms with van der Waals surface area (Å²) in [5, 5.41) is 0. The van der Waals surface area contributed by atoms with Crippen molar-refractivity contribution in [2.45, 2.75) is 51.7 Å². The number of ether oxygens (including phenoxy) is 1. The van der Waals surface area contributed by atoms with E-state index in [9.17, 15) is 9.59 Å². The van der Waals surface area contributed by atoms with Crippen LogP contribution >= 0.6 is 0 Å². The molecule has 6 heteroatoms. The molecule has 0 aromatic heterocycles.